The van der Waals surface area contributed by atoms with Crippen molar-refractivity contribution in [2.45, 2.75) is 6.54 Å². The van der Waals surface area contributed by atoms with E-state index in [2.05, 4.69) is 38.3 Å². The highest BCUT2D eigenvalue weighted by atomic mass is 79.9. The Morgan fingerprint density at radius 2 is 2.00 bits per heavy atom. The number of carbonyl (C=O) groups is 1. The van der Waals surface area contributed by atoms with Crippen molar-refractivity contribution in [3.8, 4) is 0 Å². The van der Waals surface area contributed by atoms with Crippen LogP contribution in [0.15, 0.2) is 40.2 Å². The van der Waals surface area contributed by atoms with Gasteiger partial charge in [-0.05, 0) is 45.6 Å². The molecule has 1 aromatic carbocycles. The fourth-order valence-electron chi connectivity index (χ4n) is 2.56. The zero-order chi connectivity index (χ0) is 15.5. The summed E-state index contributed by atoms with van der Waals surface area (Å²) >= 11 is 5.08. The van der Waals surface area contributed by atoms with Gasteiger partial charge in [0.15, 0.2) is 0 Å². The van der Waals surface area contributed by atoms with Crippen LogP contribution in [0.5, 0.6) is 0 Å². The summed E-state index contributed by atoms with van der Waals surface area (Å²) in [4.78, 5) is 18.0. The van der Waals surface area contributed by atoms with Crippen LogP contribution in [0.1, 0.15) is 15.2 Å². The monoisotopic (exact) mass is 382 g/mol. The predicted molar refractivity (Wildman–Crippen MR) is 89.6 cm³/mol. The number of thiophene rings is 1. The van der Waals surface area contributed by atoms with E-state index in [1.165, 1.54) is 17.0 Å². The first-order chi connectivity index (χ1) is 10.6. The van der Waals surface area contributed by atoms with E-state index in [4.69, 9.17) is 0 Å². The molecule has 0 radical (unpaired) electrons. The normalized spacial score (nSPS) is 16.0. The molecule has 0 N–H and O–H groups in total. The van der Waals surface area contributed by atoms with Crippen molar-refractivity contribution in [1.29, 1.82) is 0 Å². The lowest BCUT2D eigenvalue weighted by atomic mass is 10.1. The standard InChI is InChI=1S/C16H16BrFN2OS/c17-15-4-3-12(18)10-14(15)16(21)20-7-5-19(6-8-20)11-13-2-1-9-22-13/h1-4,9-10H,5-8,11H2. The molecule has 0 aliphatic carbocycles. The molecule has 0 saturated carbocycles. The number of rotatable bonds is 3. The van der Waals surface area contributed by atoms with Crippen LogP contribution in [0, 0.1) is 5.82 Å². The van der Waals surface area contributed by atoms with Crippen molar-refractivity contribution in [3.63, 3.8) is 0 Å². The van der Waals surface area contributed by atoms with Crippen LogP contribution in [-0.2, 0) is 6.54 Å². The summed E-state index contributed by atoms with van der Waals surface area (Å²) in [7, 11) is 0. The summed E-state index contributed by atoms with van der Waals surface area (Å²) < 4.78 is 14.0. The molecule has 116 valence electrons. The van der Waals surface area contributed by atoms with Crippen LogP contribution < -0.4 is 0 Å². The lowest BCUT2D eigenvalue weighted by Gasteiger charge is -2.34. The van der Waals surface area contributed by atoms with Gasteiger partial charge in [-0.3, -0.25) is 9.69 Å². The molecule has 1 aliphatic rings. The molecule has 0 unspecified atom stereocenters. The Labute approximate surface area is 141 Å². The molecule has 0 spiro atoms. The van der Waals surface area contributed by atoms with Crippen LogP contribution in [0.3, 0.4) is 0 Å². The van der Waals surface area contributed by atoms with Crippen molar-refractivity contribution >= 4 is 33.2 Å². The second kappa shape index (κ2) is 6.89. The van der Waals surface area contributed by atoms with E-state index in [1.54, 1.807) is 22.3 Å². The molecule has 6 heteroatoms. The topological polar surface area (TPSA) is 23.6 Å². The highest BCUT2D eigenvalue weighted by Crippen LogP contribution is 2.21. The summed E-state index contributed by atoms with van der Waals surface area (Å²) in [6.45, 7) is 3.97. The lowest BCUT2D eigenvalue weighted by molar-refractivity contribution is 0.0628. The molecule has 1 fully saturated rings. The SMILES string of the molecule is O=C(c1cc(F)ccc1Br)N1CCN(Cc2cccs2)CC1. The quantitative estimate of drug-likeness (QED) is 0.809. The number of hydrogen-bond donors (Lipinski definition) is 0. The number of hydrogen-bond acceptors (Lipinski definition) is 3. The first-order valence-electron chi connectivity index (χ1n) is 7.12. The maximum absolute atomic E-state index is 13.3. The minimum atomic E-state index is -0.386. The van der Waals surface area contributed by atoms with Crippen molar-refractivity contribution in [3.05, 3.63) is 56.4 Å². The molecule has 1 amide bonds. The number of halogens is 2. The molecule has 1 aromatic heterocycles. The van der Waals surface area contributed by atoms with Crippen LogP contribution in [0.2, 0.25) is 0 Å². The average molecular weight is 383 g/mol. The third-order valence-corrected chi connectivity index (χ3v) is 5.33. The zero-order valence-corrected chi connectivity index (χ0v) is 14.4. The van der Waals surface area contributed by atoms with E-state index < -0.39 is 0 Å². The maximum Gasteiger partial charge on any atom is 0.255 e. The number of piperazine rings is 1. The van der Waals surface area contributed by atoms with E-state index in [-0.39, 0.29) is 11.7 Å². The Morgan fingerprint density at radius 3 is 2.68 bits per heavy atom. The van der Waals surface area contributed by atoms with Crippen LogP contribution in [0.4, 0.5) is 4.39 Å². The van der Waals surface area contributed by atoms with Gasteiger partial charge in [0, 0.05) is 42.1 Å². The van der Waals surface area contributed by atoms with Crippen molar-refractivity contribution < 1.29 is 9.18 Å². The van der Waals surface area contributed by atoms with E-state index >= 15 is 0 Å². The van der Waals surface area contributed by atoms with Gasteiger partial charge in [0.05, 0.1) is 5.56 Å². The number of amides is 1. The number of nitrogens with zero attached hydrogens (tertiary/aromatic N) is 2. The summed E-state index contributed by atoms with van der Waals surface area (Å²) in [5.41, 5.74) is 0.395. The molecular weight excluding hydrogens is 367 g/mol. The van der Waals surface area contributed by atoms with Gasteiger partial charge in [-0.15, -0.1) is 11.3 Å². The predicted octanol–water partition coefficient (Wildman–Crippen LogP) is 3.61. The Bertz CT molecular complexity index is 654. The zero-order valence-electron chi connectivity index (χ0n) is 12.0. The molecule has 0 atom stereocenters. The van der Waals surface area contributed by atoms with Crippen LogP contribution >= 0.6 is 27.3 Å². The van der Waals surface area contributed by atoms with E-state index in [1.807, 2.05) is 0 Å². The third kappa shape index (κ3) is 3.56. The van der Waals surface area contributed by atoms with Crippen molar-refractivity contribution in [1.82, 2.24) is 9.80 Å². The third-order valence-electron chi connectivity index (χ3n) is 3.78. The van der Waals surface area contributed by atoms with E-state index in [9.17, 15) is 9.18 Å². The molecule has 3 rings (SSSR count). The fourth-order valence-corrected chi connectivity index (χ4v) is 3.73. The minimum Gasteiger partial charge on any atom is -0.336 e. The molecule has 3 nitrogen and oxygen atoms in total. The second-order valence-corrected chi connectivity index (χ2v) is 7.16. The summed E-state index contributed by atoms with van der Waals surface area (Å²) in [5.74, 6) is -0.495. The molecule has 1 saturated heterocycles. The summed E-state index contributed by atoms with van der Waals surface area (Å²) in [6, 6.07) is 8.41. The highest BCUT2D eigenvalue weighted by molar-refractivity contribution is 9.10. The van der Waals surface area contributed by atoms with E-state index in [0.29, 0.717) is 23.1 Å². The van der Waals surface area contributed by atoms with Gasteiger partial charge in [-0.25, -0.2) is 4.39 Å². The molecule has 1 aliphatic heterocycles. The molecule has 0 bridgehead atoms. The van der Waals surface area contributed by atoms with Gasteiger partial charge in [-0.2, -0.15) is 0 Å². The van der Waals surface area contributed by atoms with Gasteiger partial charge in [-0.1, -0.05) is 6.07 Å². The van der Waals surface area contributed by atoms with Gasteiger partial charge < -0.3 is 4.90 Å². The molecule has 22 heavy (non-hydrogen) atoms. The Hall–Kier alpha value is -1.24. The largest absolute Gasteiger partial charge is 0.336 e. The summed E-state index contributed by atoms with van der Waals surface area (Å²) in [6.07, 6.45) is 0. The highest BCUT2D eigenvalue weighted by Gasteiger charge is 2.23. The number of benzene rings is 1. The Balaban J connectivity index is 1.61. The van der Waals surface area contributed by atoms with Gasteiger partial charge >= 0.3 is 0 Å². The lowest BCUT2D eigenvalue weighted by Crippen LogP contribution is -2.48. The van der Waals surface area contributed by atoms with Crippen LogP contribution in [0.25, 0.3) is 0 Å². The first-order valence-corrected chi connectivity index (χ1v) is 8.80. The second-order valence-electron chi connectivity index (χ2n) is 5.27. The smallest absolute Gasteiger partial charge is 0.255 e. The minimum absolute atomic E-state index is 0.109. The van der Waals surface area contributed by atoms with Crippen molar-refractivity contribution in [2.75, 3.05) is 26.2 Å². The Kier molecular flexibility index (Phi) is 4.90. The molecule has 2 heterocycles. The van der Waals surface area contributed by atoms with Crippen molar-refractivity contribution in [2.24, 2.45) is 0 Å². The van der Waals surface area contributed by atoms with Gasteiger partial charge in [0.2, 0.25) is 0 Å². The molecular formula is C16H16BrFN2OS. The van der Waals surface area contributed by atoms with Crippen LogP contribution in [-0.4, -0.2) is 41.9 Å². The van der Waals surface area contributed by atoms with E-state index in [0.717, 1.165) is 19.6 Å². The van der Waals surface area contributed by atoms with Gasteiger partial charge in [0.1, 0.15) is 5.82 Å². The average Bonchev–Trinajstić information content (AvgIpc) is 3.03. The number of carbonyl (C=O) groups excluding carboxylic acids is 1. The molecule has 2 aromatic rings. The van der Waals surface area contributed by atoms with Gasteiger partial charge in [0.25, 0.3) is 5.91 Å². The maximum atomic E-state index is 13.3. The first kappa shape index (κ1) is 15.6. The Morgan fingerprint density at radius 1 is 1.23 bits per heavy atom. The summed E-state index contributed by atoms with van der Waals surface area (Å²) in [5, 5.41) is 2.08. The fraction of sp³-hybridized carbons (Fsp3) is 0.312.